The molecule has 0 radical (unpaired) electrons. The molecule has 8 heteroatoms. The lowest BCUT2D eigenvalue weighted by Gasteiger charge is -2.13. The van der Waals surface area contributed by atoms with Gasteiger partial charge in [0.15, 0.2) is 0 Å². The van der Waals surface area contributed by atoms with Crippen LogP contribution in [-0.4, -0.2) is 24.2 Å². The van der Waals surface area contributed by atoms with Crippen LogP contribution in [0, 0.1) is 0 Å². The number of nitrogens with one attached hydrogen (secondary N) is 2. The summed E-state index contributed by atoms with van der Waals surface area (Å²) in [6.07, 6.45) is 0. The number of hydrogen-bond acceptors (Lipinski definition) is 6. The Morgan fingerprint density at radius 1 is 1.27 bits per heavy atom. The zero-order chi connectivity index (χ0) is 15.7. The summed E-state index contributed by atoms with van der Waals surface area (Å²) in [5, 5.41) is 3.50. The van der Waals surface area contributed by atoms with Gasteiger partial charge in [-0.05, 0) is 0 Å². The van der Waals surface area contributed by atoms with E-state index in [0.717, 1.165) is 17.0 Å². The van der Waals surface area contributed by atoms with Crippen molar-refractivity contribution in [3.05, 3.63) is 38.8 Å². The summed E-state index contributed by atoms with van der Waals surface area (Å²) in [4.78, 5) is 19.2. The molecule has 0 bridgehead atoms. The van der Waals surface area contributed by atoms with Crippen LogP contribution in [0.4, 0.5) is 11.6 Å². The van der Waals surface area contributed by atoms with Gasteiger partial charge in [0.05, 0.1) is 30.6 Å². The summed E-state index contributed by atoms with van der Waals surface area (Å²) < 4.78 is 10.5. The van der Waals surface area contributed by atoms with E-state index in [1.54, 1.807) is 31.0 Å². The van der Waals surface area contributed by atoms with Crippen molar-refractivity contribution < 1.29 is 9.47 Å². The Balaban J connectivity index is 1.99. The Labute approximate surface area is 136 Å². The molecule has 0 amide bonds. The molecule has 22 heavy (non-hydrogen) atoms. The van der Waals surface area contributed by atoms with Crippen molar-refractivity contribution in [3.8, 4) is 11.5 Å². The monoisotopic (exact) mass is 339 g/mol. The topological polar surface area (TPSA) is 76.2 Å². The van der Waals surface area contributed by atoms with Crippen molar-refractivity contribution in [2.45, 2.75) is 11.5 Å². The molecule has 0 aliphatic carbocycles. The third-order valence-corrected chi connectivity index (χ3v) is 4.58. The SMILES string of the molecule is COc1cc(Nc2nc3c(c(=O)[nH]2)CSC3)c(OC)cc1Cl. The maximum atomic E-state index is 12.0. The van der Waals surface area contributed by atoms with E-state index in [2.05, 4.69) is 15.3 Å². The van der Waals surface area contributed by atoms with E-state index in [1.807, 2.05) is 0 Å². The number of methoxy groups -OCH3 is 2. The first-order valence-electron chi connectivity index (χ1n) is 6.50. The van der Waals surface area contributed by atoms with E-state index < -0.39 is 0 Å². The van der Waals surface area contributed by atoms with Gasteiger partial charge in [0.1, 0.15) is 11.5 Å². The largest absolute Gasteiger partial charge is 0.495 e. The summed E-state index contributed by atoms with van der Waals surface area (Å²) in [6.45, 7) is 0. The highest BCUT2D eigenvalue weighted by Gasteiger charge is 2.18. The predicted octanol–water partition coefficient (Wildman–Crippen LogP) is 2.93. The van der Waals surface area contributed by atoms with Crippen LogP contribution in [0.3, 0.4) is 0 Å². The lowest BCUT2D eigenvalue weighted by molar-refractivity contribution is 0.405. The Kier molecular flexibility index (Phi) is 4.17. The first-order valence-corrected chi connectivity index (χ1v) is 8.04. The van der Waals surface area contributed by atoms with Crippen LogP contribution in [0.2, 0.25) is 5.02 Å². The summed E-state index contributed by atoms with van der Waals surface area (Å²) in [5.41, 5.74) is 2.06. The van der Waals surface area contributed by atoms with E-state index in [4.69, 9.17) is 21.1 Å². The van der Waals surface area contributed by atoms with Crippen LogP contribution in [0.15, 0.2) is 16.9 Å². The fourth-order valence-electron chi connectivity index (χ4n) is 2.21. The Morgan fingerprint density at radius 3 is 2.77 bits per heavy atom. The number of hydrogen-bond donors (Lipinski definition) is 2. The second-order valence-electron chi connectivity index (χ2n) is 4.64. The number of anilines is 2. The molecular formula is C14H14ClN3O3S. The number of halogens is 1. The van der Waals surface area contributed by atoms with E-state index in [9.17, 15) is 4.79 Å². The van der Waals surface area contributed by atoms with Gasteiger partial charge in [-0.1, -0.05) is 11.6 Å². The zero-order valence-corrected chi connectivity index (χ0v) is 13.6. The van der Waals surface area contributed by atoms with Gasteiger partial charge in [-0.3, -0.25) is 9.78 Å². The molecule has 0 saturated heterocycles. The number of benzene rings is 1. The highest BCUT2D eigenvalue weighted by Crippen LogP contribution is 2.37. The lowest BCUT2D eigenvalue weighted by atomic mass is 10.2. The average Bonchev–Trinajstić information content (AvgIpc) is 2.97. The van der Waals surface area contributed by atoms with Crippen LogP contribution in [0.5, 0.6) is 11.5 Å². The van der Waals surface area contributed by atoms with Crippen molar-refractivity contribution >= 4 is 35.0 Å². The molecule has 1 aromatic carbocycles. The second-order valence-corrected chi connectivity index (χ2v) is 6.04. The number of ether oxygens (including phenoxy) is 2. The normalized spacial score (nSPS) is 12.9. The number of aromatic amines is 1. The summed E-state index contributed by atoms with van der Waals surface area (Å²) in [7, 11) is 3.07. The van der Waals surface area contributed by atoms with Gasteiger partial charge in [0, 0.05) is 29.2 Å². The molecule has 1 aliphatic heterocycles. The number of H-pyrrole nitrogens is 1. The smallest absolute Gasteiger partial charge is 0.256 e. The zero-order valence-electron chi connectivity index (χ0n) is 12.0. The minimum atomic E-state index is -0.114. The molecule has 0 unspecified atom stereocenters. The van der Waals surface area contributed by atoms with Crippen LogP contribution in [0.25, 0.3) is 0 Å². The maximum absolute atomic E-state index is 12.0. The quantitative estimate of drug-likeness (QED) is 0.892. The van der Waals surface area contributed by atoms with Gasteiger partial charge in [-0.15, -0.1) is 0 Å². The molecule has 116 valence electrons. The van der Waals surface area contributed by atoms with Gasteiger partial charge < -0.3 is 14.8 Å². The van der Waals surface area contributed by atoms with E-state index in [-0.39, 0.29) is 5.56 Å². The van der Waals surface area contributed by atoms with Gasteiger partial charge in [0.25, 0.3) is 5.56 Å². The summed E-state index contributed by atoms with van der Waals surface area (Å²) in [6, 6.07) is 3.34. The average molecular weight is 340 g/mol. The molecule has 3 rings (SSSR count). The maximum Gasteiger partial charge on any atom is 0.256 e. The fourth-order valence-corrected chi connectivity index (χ4v) is 3.47. The molecule has 0 saturated carbocycles. The molecule has 1 aliphatic rings. The molecule has 2 heterocycles. The van der Waals surface area contributed by atoms with E-state index >= 15 is 0 Å². The van der Waals surface area contributed by atoms with Crippen molar-refractivity contribution in [1.82, 2.24) is 9.97 Å². The van der Waals surface area contributed by atoms with Crippen molar-refractivity contribution in [2.75, 3.05) is 19.5 Å². The van der Waals surface area contributed by atoms with Gasteiger partial charge >= 0.3 is 0 Å². The number of aromatic nitrogens is 2. The number of thioether (sulfide) groups is 1. The lowest BCUT2D eigenvalue weighted by Crippen LogP contribution is -2.16. The molecule has 0 atom stereocenters. The third-order valence-electron chi connectivity index (χ3n) is 3.31. The first kappa shape index (κ1) is 15.1. The number of fused-ring (bicyclic) bond motifs is 1. The van der Waals surface area contributed by atoms with Crippen LogP contribution in [-0.2, 0) is 11.5 Å². The van der Waals surface area contributed by atoms with Gasteiger partial charge in [0.2, 0.25) is 5.95 Å². The van der Waals surface area contributed by atoms with E-state index in [0.29, 0.717) is 33.9 Å². The molecule has 0 fully saturated rings. The third kappa shape index (κ3) is 2.74. The van der Waals surface area contributed by atoms with Crippen molar-refractivity contribution in [2.24, 2.45) is 0 Å². The molecule has 2 aromatic rings. The van der Waals surface area contributed by atoms with Crippen molar-refractivity contribution in [3.63, 3.8) is 0 Å². The van der Waals surface area contributed by atoms with E-state index in [1.165, 1.54) is 7.11 Å². The fraction of sp³-hybridized carbons (Fsp3) is 0.286. The van der Waals surface area contributed by atoms with Crippen LogP contribution < -0.4 is 20.3 Å². The number of nitrogens with zero attached hydrogens (tertiary/aromatic N) is 1. The van der Waals surface area contributed by atoms with Crippen molar-refractivity contribution in [1.29, 1.82) is 0 Å². The minimum Gasteiger partial charge on any atom is -0.495 e. The first-order chi connectivity index (χ1) is 10.6. The Hall–Kier alpha value is -1.86. The molecule has 0 spiro atoms. The number of rotatable bonds is 4. The van der Waals surface area contributed by atoms with Crippen LogP contribution in [0.1, 0.15) is 11.3 Å². The summed E-state index contributed by atoms with van der Waals surface area (Å²) >= 11 is 7.75. The highest BCUT2D eigenvalue weighted by molar-refractivity contribution is 7.98. The molecule has 6 nitrogen and oxygen atoms in total. The molecule has 1 aromatic heterocycles. The summed E-state index contributed by atoms with van der Waals surface area (Å²) in [5.74, 6) is 2.85. The molecule has 2 N–H and O–H groups in total. The van der Waals surface area contributed by atoms with Crippen LogP contribution >= 0.6 is 23.4 Å². The molecular weight excluding hydrogens is 326 g/mol. The predicted molar refractivity (Wildman–Crippen MR) is 87.7 cm³/mol. The standard InChI is InChI=1S/C14H14ClN3O3S/c1-20-11-4-9(12(21-2)3-8(11)15)16-14-17-10-6-22-5-7(10)13(19)18-14/h3-4H,5-6H2,1-2H3,(H2,16,17,18,19). The Bertz CT molecular complexity index is 779. The minimum absolute atomic E-state index is 0.114. The Morgan fingerprint density at radius 2 is 2.05 bits per heavy atom. The van der Waals surface area contributed by atoms with Gasteiger partial charge in [-0.2, -0.15) is 11.8 Å². The second kappa shape index (κ2) is 6.10. The van der Waals surface area contributed by atoms with Gasteiger partial charge in [-0.25, -0.2) is 4.98 Å². The highest BCUT2D eigenvalue weighted by atomic mass is 35.5.